The third-order valence-electron chi connectivity index (χ3n) is 3.39. The molecule has 3 nitrogen and oxygen atoms in total. The third kappa shape index (κ3) is 8.29. The summed E-state index contributed by atoms with van der Waals surface area (Å²) in [6.07, 6.45) is 4.59. The second-order valence-electron chi connectivity index (χ2n) is 5.55. The van der Waals surface area contributed by atoms with Crippen molar-refractivity contribution >= 4 is 5.97 Å². The number of carbonyl (C=O) groups is 1. The Labute approximate surface area is 112 Å². The average molecular weight is 255 g/mol. The van der Waals surface area contributed by atoms with Gasteiger partial charge in [-0.25, -0.2) is 4.79 Å². The zero-order valence-corrected chi connectivity index (χ0v) is 12.7. The number of hydrogen-bond donors (Lipinski definition) is 0. The number of nitrogens with zero attached hydrogens (tertiary/aromatic N) is 1. The van der Waals surface area contributed by atoms with Gasteiger partial charge in [-0.3, -0.25) is 0 Å². The van der Waals surface area contributed by atoms with Gasteiger partial charge in [0.1, 0.15) is 0 Å². The molecule has 0 saturated carbocycles. The van der Waals surface area contributed by atoms with Gasteiger partial charge >= 0.3 is 5.97 Å². The lowest BCUT2D eigenvalue weighted by Crippen LogP contribution is -2.24. The summed E-state index contributed by atoms with van der Waals surface area (Å²) in [6.45, 7) is 10.2. The molecule has 0 N–H and O–H groups in total. The Morgan fingerprint density at radius 3 is 2.33 bits per heavy atom. The first kappa shape index (κ1) is 17.2. The van der Waals surface area contributed by atoms with Gasteiger partial charge in [-0.15, -0.1) is 0 Å². The normalized spacial score (nSPS) is 14.3. The summed E-state index contributed by atoms with van der Waals surface area (Å²) in [5, 5.41) is 0. The van der Waals surface area contributed by atoms with E-state index in [1.54, 1.807) is 6.92 Å². The monoisotopic (exact) mass is 255 g/mol. The van der Waals surface area contributed by atoms with Crippen LogP contribution in [0, 0.1) is 5.92 Å². The zero-order chi connectivity index (χ0) is 14.1. The molecule has 0 saturated heterocycles. The van der Waals surface area contributed by atoms with E-state index in [1.165, 1.54) is 19.3 Å². The maximum Gasteiger partial charge on any atom is 0.333 e. The molecule has 2 unspecified atom stereocenters. The van der Waals surface area contributed by atoms with Crippen LogP contribution in [-0.2, 0) is 9.53 Å². The Morgan fingerprint density at radius 1 is 1.22 bits per heavy atom. The molecular formula is C15H29NO2. The molecule has 3 heteroatoms. The van der Waals surface area contributed by atoms with Gasteiger partial charge in [-0.2, -0.15) is 0 Å². The first-order valence-electron chi connectivity index (χ1n) is 6.83. The summed E-state index contributed by atoms with van der Waals surface area (Å²) in [5.74, 6) is 0.334. The van der Waals surface area contributed by atoms with Crippen LogP contribution < -0.4 is 0 Å². The molecule has 0 amide bonds. The molecule has 2 atom stereocenters. The van der Waals surface area contributed by atoms with Crippen molar-refractivity contribution in [3.05, 3.63) is 12.2 Å². The van der Waals surface area contributed by atoms with Crippen molar-refractivity contribution in [3.8, 4) is 0 Å². The third-order valence-corrected chi connectivity index (χ3v) is 3.39. The summed E-state index contributed by atoms with van der Waals surface area (Å²) >= 11 is 0. The van der Waals surface area contributed by atoms with E-state index >= 15 is 0 Å². The van der Waals surface area contributed by atoms with E-state index in [4.69, 9.17) is 4.74 Å². The number of esters is 1. The Kier molecular flexibility index (Phi) is 8.73. The summed E-state index contributed by atoms with van der Waals surface area (Å²) in [7, 11) is 4.23. The Hall–Kier alpha value is -0.830. The molecule has 0 aromatic carbocycles. The number of rotatable bonds is 9. The molecule has 0 heterocycles. The Bertz CT molecular complexity index is 261. The van der Waals surface area contributed by atoms with Crippen molar-refractivity contribution in [1.82, 2.24) is 4.90 Å². The minimum Gasteiger partial charge on any atom is -0.462 e. The second kappa shape index (κ2) is 9.15. The fraction of sp³-hybridized carbons (Fsp3) is 0.800. The molecule has 0 radical (unpaired) electrons. The van der Waals surface area contributed by atoms with Crippen molar-refractivity contribution in [2.24, 2.45) is 5.92 Å². The molecule has 0 bridgehead atoms. The molecule has 0 aliphatic carbocycles. The van der Waals surface area contributed by atoms with Crippen LogP contribution in [0.5, 0.6) is 0 Å². The van der Waals surface area contributed by atoms with Crippen molar-refractivity contribution in [1.29, 1.82) is 0 Å². The largest absolute Gasteiger partial charge is 0.462 e. The molecule has 0 fully saturated rings. The lowest BCUT2D eigenvalue weighted by atomic mass is 9.99. The molecule has 106 valence electrons. The number of hydrogen-bond acceptors (Lipinski definition) is 3. The van der Waals surface area contributed by atoms with Gasteiger partial charge in [-0.1, -0.05) is 26.3 Å². The smallest absolute Gasteiger partial charge is 0.333 e. The van der Waals surface area contributed by atoms with Gasteiger partial charge in [0, 0.05) is 11.6 Å². The van der Waals surface area contributed by atoms with Crippen molar-refractivity contribution in [3.63, 3.8) is 0 Å². The highest BCUT2D eigenvalue weighted by molar-refractivity contribution is 5.86. The van der Waals surface area contributed by atoms with Crippen LogP contribution >= 0.6 is 0 Å². The van der Waals surface area contributed by atoms with Crippen LogP contribution in [0.15, 0.2) is 12.2 Å². The van der Waals surface area contributed by atoms with Gasteiger partial charge < -0.3 is 9.64 Å². The van der Waals surface area contributed by atoms with Gasteiger partial charge in [-0.05, 0) is 46.7 Å². The van der Waals surface area contributed by atoms with Gasteiger partial charge in [0.15, 0.2) is 0 Å². The number of ether oxygens (including phenoxy) is 1. The first-order valence-corrected chi connectivity index (χ1v) is 6.83. The summed E-state index contributed by atoms with van der Waals surface area (Å²) in [6, 6.07) is 0.637. The van der Waals surface area contributed by atoms with E-state index in [1.807, 2.05) is 0 Å². The van der Waals surface area contributed by atoms with Crippen LogP contribution in [0.3, 0.4) is 0 Å². The molecule has 0 aliphatic heterocycles. The Morgan fingerprint density at radius 2 is 1.83 bits per heavy atom. The maximum atomic E-state index is 11.2. The van der Waals surface area contributed by atoms with Gasteiger partial charge in [0.25, 0.3) is 0 Å². The van der Waals surface area contributed by atoms with E-state index in [2.05, 4.69) is 39.4 Å². The minimum atomic E-state index is -0.275. The van der Waals surface area contributed by atoms with E-state index in [0.29, 0.717) is 24.1 Å². The SMILES string of the molecule is C=C(C)C(=O)OCCC(C)CCCC(C)N(C)C. The minimum absolute atomic E-state index is 0.275. The zero-order valence-electron chi connectivity index (χ0n) is 12.7. The van der Waals surface area contributed by atoms with Crippen LogP contribution in [-0.4, -0.2) is 37.6 Å². The van der Waals surface area contributed by atoms with E-state index in [0.717, 1.165) is 6.42 Å². The maximum absolute atomic E-state index is 11.2. The molecule has 0 spiro atoms. The standard InChI is InChI=1S/C15H29NO2/c1-12(2)15(17)18-11-10-13(3)8-7-9-14(4)16(5)6/h13-14H,1,7-11H2,2-6H3. The highest BCUT2D eigenvalue weighted by Gasteiger charge is 2.08. The van der Waals surface area contributed by atoms with Crippen molar-refractivity contribution in [2.75, 3.05) is 20.7 Å². The predicted octanol–water partition coefficient (Wildman–Crippen LogP) is 3.25. The predicted molar refractivity (Wildman–Crippen MR) is 76.6 cm³/mol. The molecule has 18 heavy (non-hydrogen) atoms. The summed E-state index contributed by atoms with van der Waals surface area (Å²) in [4.78, 5) is 13.4. The quantitative estimate of drug-likeness (QED) is 0.468. The fourth-order valence-corrected chi connectivity index (χ4v) is 1.64. The van der Waals surface area contributed by atoms with Crippen LogP contribution in [0.4, 0.5) is 0 Å². The van der Waals surface area contributed by atoms with Crippen LogP contribution in [0.1, 0.15) is 46.5 Å². The van der Waals surface area contributed by atoms with Crippen molar-refractivity contribution < 1.29 is 9.53 Å². The molecule has 0 aromatic rings. The van der Waals surface area contributed by atoms with Crippen LogP contribution in [0.25, 0.3) is 0 Å². The van der Waals surface area contributed by atoms with Crippen LogP contribution in [0.2, 0.25) is 0 Å². The lowest BCUT2D eigenvalue weighted by Gasteiger charge is -2.20. The topological polar surface area (TPSA) is 29.5 Å². The van der Waals surface area contributed by atoms with Crippen molar-refractivity contribution in [2.45, 2.75) is 52.5 Å². The fourth-order valence-electron chi connectivity index (χ4n) is 1.64. The van der Waals surface area contributed by atoms with E-state index in [-0.39, 0.29) is 5.97 Å². The number of carbonyl (C=O) groups excluding carboxylic acids is 1. The highest BCUT2D eigenvalue weighted by atomic mass is 16.5. The molecule has 0 aliphatic rings. The Balaban J connectivity index is 3.57. The average Bonchev–Trinajstić information content (AvgIpc) is 2.28. The van der Waals surface area contributed by atoms with Gasteiger partial charge in [0.2, 0.25) is 0 Å². The first-order chi connectivity index (χ1) is 8.34. The van der Waals surface area contributed by atoms with E-state index in [9.17, 15) is 4.79 Å². The molecule has 0 aromatic heterocycles. The lowest BCUT2D eigenvalue weighted by molar-refractivity contribution is -0.139. The molecular weight excluding hydrogens is 226 g/mol. The van der Waals surface area contributed by atoms with Gasteiger partial charge in [0.05, 0.1) is 6.61 Å². The summed E-state index contributed by atoms with van der Waals surface area (Å²) in [5.41, 5.74) is 0.475. The highest BCUT2D eigenvalue weighted by Crippen LogP contribution is 2.14. The van der Waals surface area contributed by atoms with E-state index < -0.39 is 0 Å². The second-order valence-corrected chi connectivity index (χ2v) is 5.55. The summed E-state index contributed by atoms with van der Waals surface area (Å²) < 4.78 is 5.09. The molecule has 0 rings (SSSR count).